The predicted octanol–water partition coefficient (Wildman–Crippen LogP) is 1.15. The predicted molar refractivity (Wildman–Crippen MR) is 87.7 cm³/mol. The second kappa shape index (κ2) is 8.33. The molecule has 0 aliphatic carbocycles. The Labute approximate surface area is 137 Å². The summed E-state index contributed by atoms with van der Waals surface area (Å²) in [6, 6.07) is 5.00. The molecule has 0 saturated carbocycles. The fourth-order valence-corrected chi connectivity index (χ4v) is 2.50. The van der Waals surface area contributed by atoms with Gasteiger partial charge in [-0.2, -0.15) is 0 Å². The Morgan fingerprint density at radius 3 is 3.04 bits per heavy atom. The van der Waals surface area contributed by atoms with Gasteiger partial charge in [0.25, 0.3) is 5.56 Å². The van der Waals surface area contributed by atoms with Crippen LogP contribution in [0.15, 0.2) is 40.5 Å². The molecule has 2 aromatic heterocycles. The summed E-state index contributed by atoms with van der Waals surface area (Å²) in [5.41, 5.74) is 0.397. The molecule has 0 fully saturated rings. The standard InChI is InChI=1S/C15H18N4O3S/c1-10-6-13(20)19-15(18-10)23-9-14(21)17-7-11(2)22-12-4-3-5-16-8-12/h3-6,8,11H,7,9H2,1-2H3,(H,17,21)(H,18,19,20). The number of hydrogen-bond donors (Lipinski definition) is 2. The van der Waals surface area contributed by atoms with Crippen molar-refractivity contribution in [2.75, 3.05) is 12.3 Å². The van der Waals surface area contributed by atoms with E-state index in [0.717, 1.165) is 0 Å². The number of thioether (sulfide) groups is 1. The van der Waals surface area contributed by atoms with E-state index in [1.165, 1.54) is 17.8 Å². The largest absolute Gasteiger partial charge is 0.487 e. The van der Waals surface area contributed by atoms with Gasteiger partial charge in [-0.25, -0.2) is 4.98 Å². The van der Waals surface area contributed by atoms with E-state index >= 15 is 0 Å². The van der Waals surface area contributed by atoms with Crippen LogP contribution >= 0.6 is 11.8 Å². The molecule has 2 N–H and O–H groups in total. The zero-order valence-electron chi connectivity index (χ0n) is 12.9. The number of amides is 1. The maximum Gasteiger partial charge on any atom is 0.251 e. The van der Waals surface area contributed by atoms with Gasteiger partial charge < -0.3 is 15.0 Å². The topological polar surface area (TPSA) is 97.0 Å². The lowest BCUT2D eigenvalue weighted by molar-refractivity contribution is -0.118. The normalized spacial score (nSPS) is 11.7. The quantitative estimate of drug-likeness (QED) is 0.582. The molecule has 0 aromatic carbocycles. The second-order valence-electron chi connectivity index (χ2n) is 4.90. The lowest BCUT2D eigenvalue weighted by Crippen LogP contribution is -2.34. The first kappa shape index (κ1) is 17.0. The van der Waals surface area contributed by atoms with E-state index in [9.17, 15) is 9.59 Å². The third kappa shape index (κ3) is 6.11. The number of H-pyrrole nitrogens is 1. The monoisotopic (exact) mass is 334 g/mol. The highest BCUT2D eigenvalue weighted by molar-refractivity contribution is 7.99. The molecule has 0 saturated heterocycles. The van der Waals surface area contributed by atoms with E-state index in [4.69, 9.17) is 4.74 Å². The molecule has 0 bridgehead atoms. The van der Waals surface area contributed by atoms with Crippen molar-refractivity contribution in [3.8, 4) is 5.75 Å². The van der Waals surface area contributed by atoms with Crippen molar-refractivity contribution >= 4 is 17.7 Å². The molecule has 2 aromatic rings. The van der Waals surface area contributed by atoms with Gasteiger partial charge in [0.2, 0.25) is 5.91 Å². The number of nitrogens with zero attached hydrogens (tertiary/aromatic N) is 2. The molecular weight excluding hydrogens is 316 g/mol. The van der Waals surface area contributed by atoms with Crippen molar-refractivity contribution in [2.24, 2.45) is 0 Å². The number of aromatic amines is 1. The minimum atomic E-state index is -0.223. The van der Waals surface area contributed by atoms with Gasteiger partial charge in [0, 0.05) is 18.0 Å². The second-order valence-corrected chi connectivity index (χ2v) is 5.87. The smallest absolute Gasteiger partial charge is 0.251 e. The van der Waals surface area contributed by atoms with Gasteiger partial charge in [-0.3, -0.25) is 14.6 Å². The average Bonchev–Trinajstić information content (AvgIpc) is 2.51. The summed E-state index contributed by atoms with van der Waals surface area (Å²) in [5, 5.41) is 3.21. The van der Waals surface area contributed by atoms with Gasteiger partial charge >= 0.3 is 0 Å². The van der Waals surface area contributed by atoms with Crippen LogP contribution in [0.4, 0.5) is 0 Å². The highest BCUT2D eigenvalue weighted by Gasteiger charge is 2.09. The van der Waals surface area contributed by atoms with E-state index in [2.05, 4.69) is 20.3 Å². The van der Waals surface area contributed by atoms with Crippen molar-refractivity contribution in [3.63, 3.8) is 0 Å². The highest BCUT2D eigenvalue weighted by Crippen LogP contribution is 2.11. The zero-order valence-corrected chi connectivity index (χ0v) is 13.7. The van der Waals surface area contributed by atoms with Crippen molar-refractivity contribution in [2.45, 2.75) is 25.1 Å². The molecule has 1 amide bonds. The molecule has 1 atom stereocenters. The van der Waals surface area contributed by atoms with Crippen LogP contribution in [0.2, 0.25) is 0 Å². The molecule has 0 spiro atoms. The number of aryl methyl sites for hydroxylation is 1. The van der Waals surface area contributed by atoms with Crippen LogP contribution in [-0.2, 0) is 4.79 Å². The highest BCUT2D eigenvalue weighted by atomic mass is 32.2. The zero-order chi connectivity index (χ0) is 16.7. The van der Waals surface area contributed by atoms with Gasteiger partial charge in [0.15, 0.2) is 5.16 Å². The van der Waals surface area contributed by atoms with E-state index in [1.54, 1.807) is 31.5 Å². The Morgan fingerprint density at radius 2 is 2.35 bits per heavy atom. The van der Waals surface area contributed by atoms with Crippen molar-refractivity contribution in [1.29, 1.82) is 0 Å². The van der Waals surface area contributed by atoms with Gasteiger partial charge in [-0.1, -0.05) is 11.8 Å². The molecule has 122 valence electrons. The van der Waals surface area contributed by atoms with E-state index in [-0.39, 0.29) is 23.3 Å². The van der Waals surface area contributed by atoms with Crippen molar-refractivity contribution < 1.29 is 9.53 Å². The lowest BCUT2D eigenvalue weighted by atomic mass is 10.4. The number of pyridine rings is 1. The summed E-state index contributed by atoms with van der Waals surface area (Å²) >= 11 is 1.18. The molecular formula is C15H18N4O3S. The van der Waals surface area contributed by atoms with Crippen LogP contribution in [-0.4, -0.2) is 39.3 Å². The van der Waals surface area contributed by atoms with Crippen LogP contribution in [0.25, 0.3) is 0 Å². The van der Waals surface area contributed by atoms with Gasteiger partial charge in [-0.05, 0) is 26.0 Å². The number of nitrogens with one attached hydrogen (secondary N) is 2. The van der Waals surface area contributed by atoms with E-state index in [0.29, 0.717) is 23.1 Å². The minimum Gasteiger partial charge on any atom is -0.487 e. The average molecular weight is 334 g/mol. The summed E-state index contributed by atoms with van der Waals surface area (Å²) in [4.78, 5) is 33.8. The Balaban J connectivity index is 1.73. The Kier molecular flexibility index (Phi) is 6.16. The first-order valence-electron chi connectivity index (χ1n) is 7.07. The third-order valence-corrected chi connectivity index (χ3v) is 3.62. The first-order valence-corrected chi connectivity index (χ1v) is 8.05. The summed E-state index contributed by atoms with van der Waals surface area (Å²) in [5.74, 6) is 0.678. The summed E-state index contributed by atoms with van der Waals surface area (Å²) < 4.78 is 5.62. The van der Waals surface area contributed by atoms with Crippen LogP contribution in [0, 0.1) is 6.92 Å². The molecule has 0 aliphatic heterocycles. The van der Waals surface area contributed by atoms with Crippen molar-refractivity contribution in [3.05, 3.63) is 46.6 Å². The summed E-state index contributed by atoms with van der Waals surface area (Å²) in [7, 11) is 0. The van der Waals surface area contributed by atoms with E-state index in [1.807, 2.05) is 6.92 Å². The number of rotatable bonds is 7. The Morgan fingerprint density at radius 1 is 1.52 bits per heavy atom. The molecule has 1 unspecified atom stereocenters. The number of aromatic nitrogens is 3. The van der Waals surface area contributed by atoms with Gasteiger partial charge in [0.1, 0.15) is 11.9 Å². The number of ether oxygens (including phenoxy) is 1. The van der Waals surface area contributed by atoms with Crippen LogP contribution in [0.3, 0.4) is 0 Å². The van der Waals surface area contributed by atoms with Crippen LogP contribution in [0.1, 0.15) is 12.6 Å². The Hall–Kier alpha value is -2.35. The summed E-state index contributed by atoms with van der Waals surface area (Å²) in [6.07, 6.45) is 3.11. The minimum absolute atomic E-state index is 0.152. The third-order valence-electron chi connectivity index (χ3n) is 2.75. The number of carbonyl (C=O) groups is 1. The molecule has 7 nitrogen and oxygen atoms in total. The molecule has 23 heavy (non-hydrogen) atoms. The van der Waals surface area contributed by atoms with Crippen molar-refractivity contribution in [1.82, 2.24) is 20.3 Å². The summed E-state index contributed by atoms with van der Waals surface area (Å²) in [6.45, 7) is 3.98. The van der Waals surface area contributed by atoms with Crippen LogP contribution < -0.4 is 15.6 Å². The molecule has 0 aliphatic rings. The van der Waals surface area contributed by atoms with Crippen LogP contribution in [0.5, 0.6) is 5.75 Å². The van der Waals surface area contributed by atoms with E-state index < -0.39 is 0 Å². The molecule has 2 heterocycles. The van der Waals surface area contributed by atoms with Gasteiger partial charge in [-0.15, -0.1) is 0 Å². The molecule has 2 rings (SSSR count). The Bertz CT molecular complexity index is 705. The van der Waals surface area contributed by atoms with Gasteiger partial charge in [0.05, 0.1) is 18.5 Å². The lowest BCUT2D eigenvalue weighted by Gasteiger charge is -2.15. The fourth-order valence-electron chi connectivity index (χ4n) is 1.75. The molecule has 0 radical (unpaired) electrons. The SMILES string of the molecule is Cc1cc(=O)[nH]c(SCC(=O)NCC(C)Oc2cccnc2)n1. The first-order chi connectivity index (χ1) is 11.0. The molecule has 8 heteroatoms. The fraction of sp³-hybridized carbons (Fsp3) is 0.333. The maximum atomic E-state index is 11.8. The number of carbonyl (C=O) groups excluding carboxylic acids is 1. The maximum absolute atomic E-state index is 11.8. The number of hydrogen-bond acceptors (Lipinski definition) is 6.